The Labute approximate surface area is 180 Å². The molecule has 0 aromatic heterocycles. The summed E-state index contributed by atoms with van der Waals surface area (Å²) in [5.41, 5.74) is 7.24. The first-order valence-electron chi connectivity index (χ1n) is 9.94. The van der Waals surface area contributed by atoms with Crippen LogP contribution in [0.25, 0.3) is 10.8 Å². The lowest BCUT2D eigenvalue weighted by Gasteiger charge is -2.37. The normalized spacial score (nSPS) is 22.5. The van der Waals surface area contributed by atoms with Crippen molar-refractivity contribution in [2.45, 2.75) is 25.8 Å². The summed E-state index contributed by atoms with van der Waals surface area (Å²) < 4.78 is 0. The maximum absolute atomic E-state index is 12.9. The molecule has 2 aliphatic rings. The molecule has 2 atom stereocenters. The minimum absolute atomic E-state index is 0. The van der Waals surface area contributed by atoms with Crippen molar-refractivity contribution in [1.29, 1.82) is 0 Å². The summed E-state index contributed by atoms with van der Waals surface area (Å²) in [6.45, 7) is 5.20. The van der Waals surface area contributed by atoms with Crippen LogP contribution in [-0.2, 0) is 11.3 Å². The van der Waals surface area contributed by atoms with Crippen LogP contribution in [0.3, 0.4) is 0 Å². The van der Waals surface area contributed by atoms with Gasteiger partial charge in [0.15, 0.2) is 0 Å². The van der Waals surface area contributed by atoms with Gasteiger partial charge in [0.25, 0.3) is 0 Å². The van der Waals surface area contributed by atoms with E-state index in [1.165, 1.54) is 16.3 Å². The molecule has 6 heteroatoms. The number of rotatable bonds is 4. The van der Waals surface area contributed by atoms with E-state index in [0.717, 1.165) is 52.0 Å². The lowest BCUT2D eigenvalue weighted by molar-refractivity contribution is -0.138. The number of fused-ring (bicyclic) bond motifs is 1. The number of carbonyl (C=O) groups excluding carboxylic acids is 1. The van der Waals surface area contributed by atoms with Crippen LogP contribution in [-0.4, -0.2) is 48.4 Å². The highest BCUT2D eigenvalue weighted by Gasteiger charge is 2.35. The summed E-state index contributed by atoms with van der Waals surface area (Å²) in [6.07, 6.45) is 3.30. The van der Waals surface area contributed by atoms with Gasteiger partial charge in [0.1, 0.15) is 0 Å². The molecule has 1 aliphatic heterocycles. The lowest BCUT2D eigenvalue weighted by Crippen LogP contribution is -2.50. The Hall–Kier alpha value is -1.33. The summed E-state index contributed by atoms with van der Waals surface area (Å²) in [5, 5.41) is 2.64. The van der Waals surface area contributed by atoms with Gasteiger partial charge in [0.2, 0.25) is 5.91 Å². The number of halogens is 2. The van der Waals surface area contributed by atoms with Gasteiger partial charge in [-0.2, -0.15) is 0 Å². The van der Waals surface area contributed by atoms with Gasteiger partial charge in [-0.1, -0.05) is 48.9 Å². The Balaban J connectivity index is 0.00000140. The van der Waals surface area contributed by atoms with Crippen molar-refractivity contribution in [2.75, 3.05) is 32.7 Å². The van der Waals surface area contributed by atoms with Gasteiger partial charge in [0.05, 0.1) is 0 Å². The van der Waals surface area contributed by atoms with E-state index in [4.69, 9.17) is 5.73 Å². The minimum Gasteiger partial charge on any atom is -0.340 e. The molecular weight excluding hydrogens is 393 g/mol. The maximum Gasteiger partial charge on any atom is 0.226 e. The van der Waals surface area contributed by atoms with E-state index in [1.54, 1.807) is 0 Å². The molecule has 1 heterocycles. The SMILES string of the molecule is Cl.Cl.NC[C@H]1CCC[C@H]1C(=O)N1CCN(Cc2cccc3ccccc23)CC1. The first-order valence-corrected chi connectivity index (χ1v) is 9.94. The van der Waals surface area contributed by atoms with Crippen molar-refractivity contribution < 1.29 is 4.79 Å². The number of hydrogen-bond acceptors (Lipinski definition) is 3. The van der Waals surface area contributed by atoms with Crippen LogP contribution < -0.4 is 5.73 Å². The second kappa shape index (κ2) is 10.4. The van der Waals surface area contributed by atoms with E-state index in [0.29, 0.717) is 18.4 Å². The molecule has 0 radical (unpaired) electrons. The number of amides is 1. The molecule has 0 spiro atoms. The standard InChI is InChI=1S/C22H29N3O.2ClH/c23-15-18-7-4-10-21(18)22(26)25-13-11-24(12-14-25)16-19-8-3-6-17-5-1-2-9-20(17)19;;/h1-3,5-6,8-9,18,21H,4,7,10-16,23H2;2*1H/t18-,21-;;/m1../s1. The van der Waals surface area contributed by atoms with Gasteiger partial charge in [-0.05, 0) is 41.6 Å². The largest absolute Gasteiger partial charge is 0.340 e. The minimum atomic E-state index is 0. The van der Waals surface area contributed by atoms with E-state index >= 15 is 0 Å². The molecule has 154 valence electrons. The molecular formula is C22H31Cl2N3O. The van der Waals surface area contributed by atoms with Gasteiger partial charge in [-0.3, -0.25) is 9.69 Å². The maximum atomic E-state index is 12.9. The van der Waals surface area contributed by atoms with E-state index < -0.39 is 0 Å². The fourth-order valence-corrected chi connectivity index (χ4v) is 4.68. The van der Waals surface area contributed by atoms with Crippen LogP contribution in [0.2, 0.25) is 0 Å². The molecule has 4 rings (SSSR count). The Morgan fingerprint density at radius 2 is 1.68 bits per heavy atom. The Kier molecular flexibility index (Phi) is 8.56. The highest BCUT2D eigenvalue weighted by molar-refractivity contribution is 5.86. The van der Waals surface area contributed by atoms with Crippen LogP contribution in [0.1, 0.15) is 24.8 Å². The average molecular weight is 424 g/mol. The molecule has 2 N–H and O–H groups in total. The summed E-state index contributed by atoms with van der Waals surface area (Å²) in [7, 11) is 0. The smallest absolute Gasteiger partial charge is 0.226 e. The first-order chi connectivity index (χ1) is 12.8. The van der Waals surface area contributed by atoms with E-state index in [-0.39, 0.29) is 30.7 Å². The first kappa shape index (κ1) is 23.0. The average Bonchev–Trinajstić information content (AvgIpc) is 3.17. The van der Waals surface area contributed by atoms with Crippen molar-refractivity contribution in [2.24, 2.45) is 17.6 Å². The summed E-state index contributed by atoms with van der Waals surface area (Å²) >= 11 is 0. The molecule has 28 heavy (non-hydrogen) atoms. The predicted molar refractivity (Wildman–Crippen MR) is 120 cm³/mol. The van der Waals surface area contributed by atoms with Crippen molar-refractivity contribution in [3.05, 3.63) is 48.0 Å². The van der Waals surface area contributed by atoms with Crippen LogP contribution in [0.4, 0.5) is 0 Å². The zero-order valence-electron chi connectivity index (χ0n) is 16.3. The van der Waals surface area contributed by atoms with Gasteiger partial charge < -0.3 is 10.6 Å². The fraction of sp³-hybridized carbons (Fsp3) is 0.500. The summed E-state index contributed by atoms with van der Waals surface area (Å²) in [5.74, 6) is 0.920. The predicted octanol–water partition coefficient (Wildman–Crippen LogP) is 3.70. The molecule has 4 nitrogen and oxygen atoms in total. The number of nitrogens with two attached hydrogens (primary N) is 1. The molecule has 0 bridgehead atoms. The molecule has 2 aromatic rings. The van der Waals surface area contributed by atoms with E-state index in [1.807, 2.05) is 0 Å². The number of nitrogens with zero attached hydrogens (tertiary/aromatic N) is 2. The lowest BCUT2D eigenvalue weighted by atomic mass is 9.94. The van der Waals surface area contributed by atoms with Gasteiger partial charge in [-0.25, -0.2) is 0 Å². The quantitative estimate of drug-likeness (QED) is 0.814. The third kappa shape index (κ3) is 4.80. The molecule has 1 saturated heterocycles. The van der Waals surface area contributed by atoms with Gasteiger partial charge in [0, 0.05) is 38.6 Å². The molecule has 1 aliphatic carbocycles. The highest BCUT2D eigenvalue weighted by Crippen LogP contribution is 2.32. The zero-order chi connectivity index (χ0) is 17.9. The molecule has 1 saturated carbocycles. The number of carbonyl (C=O) groups is 1. The summed E-state index contributed by atoms with van der Waals surface area (Å²) in [6, 6.07) is 15.1. The number of piperazine rings is 1. The molecule has 2 fully saturated rings. The second-order valence-corrected chi connectivity index (χ2v) is 7.77. The molecule has 2 aromatic carbocycles. The van der Waals surface area contributed by atoms with Gasteiger partial charge >= 0.3 is 0 Å². The molecule has 0 unspecified atom stereocenters. The van der Waals surface area contributed by atoms with Crippen molar-refractivity contribution in [3.8, 4) is 0 Å². The highest BCUT2D eigenvalue weighted by atomic mass is 35.5. The van der Waals surface area contributed by atoms with Gasteiger partial charge in [-0.15, -0.1) is 24.8 Å². The summed E-state index contributed by atoms with van der Waals surface area (Å²) in [4.78, 5) is 17.4. The van der Waals surface area contributed by atoms with Crippen LogP contribution in [0, 0.1) is 11.8 Å². The zero-order valence-corrected chi connectivity index (χ0v) is 17.9. The van der Waals surface area contributed by atoms with E-state index in [2.05, 4.69) is 52.3 Å². The third-order valence-electron chi connectivity index (χ3n) is 6.24. The Morgan fingerprint density at radius 1 is 0.964 bits per heavy atom. The van der Waals surface area contributed by atoms with E-state index in [9.17, 15) is 4.79 Å². The monoisotopic (exact) mass is 423 g/mol. The van der Waals surface area contributed by atoms with Crippen molar-refractivity contribution in [3.63, 3.8) is 0 Å². The van der Waals surface area contributed by atoms with Crippen LogP contribution in [0.5, 0.6) is 0 Å². The van der Waals surface area contributed by atoms with Crippen LogP contribution in [0.15, 0.2) is 42.5 Å². The van der Waals surface area contributed by atoms with Crippen molar-refractivity contribution in [1.82, 2.24) is 9.80 Å². The number of hydrogen-bond donors (Lipinski definition) is 1. The fourth-order valence-electron chi connectivity index (χ4n) is 4.68. The van der Waals surface area contributed by atoms with Crippen molar-refractivity contribution >= 4 is 41.5 Å². The van der Waals surface area contributed by atoms with Crippen LogP contribution >= 0.6 is 24.8 Å². The third-order valence-corrected chi connectivity index (χ3v) is 6.24. The Bertz CT molecular complexity index is 772. The topological polar surface area (TPSA) is 49.6 Å². The Morgan fingerprint density at radius 3 is 2.43 bits per heavy atom. The molecule has 1 amide bonds. The second-order valence-electron chi connectivity index (χ2n) is 7.77. The number of benzene rings is 2.